The molecule has 0 spiro atoms. The fraction of sp³-hybridized carbons (Fsp3) is 0.375. The third-order valence-corrected chi connectivity index (χ3v) is 7.80. The zero-order valence-corrected chi connectivity index (χ0v) is 16.5. The van der Waals surface area contributed by atoms with Crippen LogP contribution in [0.4, 0.5) is 4.39 Å². The number of rotatable bonds is 6. The van der Waals surface area contributed by atoms with Gasteiger partial charge in [-0.1, -0.05) is 12.1 Å². The fourth-order valence-electron chi connectivity index (χ4n) is 2.61. The highest BCUT2D eigenvalue weighted by atomic mass is 32.2. The average molecular weight is 416 g/mol. The minimum atomic E-state index is -4.07. The lowest BCUT2D eigenvalue weighted by Crippen LogP contribution is -2.47. The number of nitrogens with one attached hydrogen (secondary N) is 1. The Kier molecular flexibility index (Phi) is 5.96. The van der Waals surface area contributed by atoms with E-state index >= 15 is 0 Å². The van der Waals surface area contributed by atoms with Gasteiger partial charge in [-0.3, -0.25) is 4.79 Å². The van der Waals surface area contributed by atoms with Crippen LogP contribution in [0.15, 0.2) is 34.5 Å². The number of benzene rings is 1. The minimum absolute atomic E-state index is 0.125. The van der Waals surface area contributed by atoms with Crippen molar-refractivity contribution in [1.82, 2.24) is 14.6 Å². The lowest BCUT2D eigenvalue weighted by atomic mass is 10.3. The molecule has 1 amide bonds. The molecule has 1 saturated heterocycles. The Hall–Kier alpha value is -1.49. The SMILES string of the molecule is Cc1nc(CCNC(=O)[C@H]2CSCN2S(=O)(=O)c2ccccc2F)cs1. The van der Waals surface area contributed by atoms with E-state index < -0.39 is 26.8 Å². The number of carbonyl (C=O) groups is 1. The summed E-state index contributed by atoms with van der Waals surface area (Å²) in [6, 6.07) is 4.36. The smallest absolute Gasteiger partial charge is 0.247 e. The number of hydrogen-bond donors (Lipinski definition) is 1. The number of amides is 1. The second kappa shape index (κ2) is 8.03. The van der Waals surface area contributed by atoms with Crippen molar-refractivity contribution in [3.8, 4) is 0 Å². The van der Waals surface area contributed by atoms with Crippen molar-refractivity contribution in [1.29, 1.82) is 0 Å². The van der Waals surface area contributed by atoms with E-state index in [1.807, 2.05) is 12.3 Å². The largest absolute Gasteiger partial charge is 0.354 e. The molecule has 1 aromatic carbocycles. The molecule has 2 aromatic rings. The minimum Gasteiger partial charge on any atom is -0.354 e. The predicted molar refractivity (Wildman–Crippen MR) is 100 cm³/mol. The zero-order chi connectivity index (χ0) is 18.7. The van der Waals surface area contributed by atoms with Crippen LogP contribution in [0.1, 0.15) is 10.7 Å². The third kappa shape index (κ3) is 4.08. The van der Waals surface area contributed by atoms with Gasteiger partial charge in [0, 0.05) is 24.1 Å². The highest BCUT2D eigenvalue weighted by Crippen LogP contribution is 2.29. The molecule has 1 aliphatic rings. The molecule has 2 heterocycles. The Morgan fingerprint density at radius 2 is 2.19 bits per heavy atom. The van der Waals surface area contributed by atoms with Crippen LogP contribution >= 0.6 is 23.1 Å². The lowest BCUT2D eigenvalue weighted by Gasteiger charge is -2.22. The average Bonchev–Trinajstić information content (AvgIpc) is 3.24. The molecule has 1 aliphatic heterocycles. The molecule has 0 saturated carbocycles. The summed E-state index contributed by atoms with van der Waals surface area (Å²) < 4.78 is 40.5. The van der Waals surface area contributed by atoms with Crippen molar-refractivity contribution in [2.75, 3.05) is 18.2 Å². The van der Waals surface area contributed by atoms with Crippen LogP contribution < -0.4 is 5.32 Å². The van der Waals surface area contributed by atoms with E-state index in [4.69, 9.17) is 0 Å². The monoisotopic (exact) mass is 415 g/mol. The van der Waals surface area contributed by atoms with Crippen LogP contribution in [0.3, 0.4) is 0 Å². The third-order valence-electron chi connectivity index (χ3n) is 3.91. The number of carbonyl (C=O) groups excluding carboxylic acids is 1. The molecular weight excluding hydrogens is 397 g/mol. The number of thioether (sulfide) groups is 1. The molecule has 6 nitrogen and oxygen atoms in total. The summed E-state index contributed by atoms with van der Waals surface area (Å²) in [5.41, 5.74) is 0.893. The van der Waals surface area contributed by atoms with Gasteiger partial charge in [-0.15, -0.1) is 23.1 Å². The van der Waals surface area contributed by atoms with Crippen molar-refractivity contribution < 1.29 is 17.6 Å². The second-order valence-electron chi connectivity index (χ2n) is 5.74. The standard InChI is InChI=1S/C16H18FN3O3S3/c1-11-19-12(8-25-11)6-7-18-16(21)14-9-24-10-20(14)26(22,23)15-5-3-2-4-13(15)17/h2-5,8,14H,6-7,9-10H2,1H3,(H,18,21)/t14-/m1/s1. The first-order chi connectivity index (χ1) is 12.4. The Morgan fingerprint density at radius 3 is 2.88 bits per heavy atom. The van der Waals surface area contributed by atoms with Gasteiger partial charge < -0.3 is 5.32 Å². The maximum Gasteiger partial charge on any atom is 0.247 e. The normalized spacial score (nSPS) is 18.2. The van der Waals surface area contributed by atoms with Gasteiger partial charge in [0.15, 0.2) is 0 Å². The molecular formula is C16H18FN3O3S3. The number of aromatic nitrogens is 1. The maximum atomic E-state index is 13.9. The van der Waals surface area contributed by atoms with E-state index in [1.165, 1.54) is 30.0 Å². The van der Waals surface area contributed by atoms with E-state index in [9.17, 15) is 17.6 Å². The first-order valence-electron chi connectivity index (χ1n) is 7.92. The van der Waals surface area contributed by atoms with Gasteiger partial charge in [0.1, 0.15) is 16.8 Å². The van der Waals surface area contributed by atoms with E-state index in [1.54, 1.807) is 11.3 Å². The number of halogens is 1. The van der Waals surface area contributed by atoms with Gasteiger partial charge in [0.2, 0.25) is 15.9 Å². The first-order valence-corrected chi connectivity index (χ1v) is 11.4. The van der Waals surface area contributed by atoms with Gasteiger partial charge in [-0.25, -0.2) is 17.8 Å². The molecule has 10 heteroatoms. The van der Waals surface area contributed by atoms with Crippen molar-refractivity contribution >= 4 is 39.0 Å². The summed E-state index contributed by atoms with van der Waals surface area (Å²) in [5.74, 6) is -0.723. The molecule has 140 valence electrons. The van der Waals surface area contributed by atoms with Crippen LogP contribution in [0.2, 0.25) is 0 Å². The quantitative estimate of drug-likeness (QED) is 0.781. The molecule has 26 heavy (non-hydrogen) atoms. The van der Waals surface area contributed by atoms with Crippen molar-refractivity contribution in [2.24, 2.45) is 0 Å². The van der Waals surface area contributed by atoms with Crippen LogP contribution in [-0.4, -0.2) is 47.8 Å². The second-order valence-corrected chi connectivity index (χ2v) is 9.66. The summed E-state index contributed by atoms with van der Waals surface area (Å²) >= 11 is 2.87. The first kappa shape index (κ1) is 19.3. The highest BCUT2D eigenvalue weighted by molar-refractivity contribution is 8.00. The maximum absolute atomic E-state index is 13.9. The summed E-state index contributed by atoms with van der Waals surface area (Å²) in [4.78, 5) is 16.4. The number of thiazole rings is 1. The number of aryl methyl sites for hydroxylation is 1. The number of nitrogens with zero attached hydrogens (tertiary/aromatic N) is 2. The van der Waals surface area contributed by atoms with Crippen LogP contribution in [0.25, 0.3) is 0 Å². The highest BCUT2D eigenvalue weighted by Gasteiger charge is 2.40. The lowest BCUT2D eigenvalue weighted by molar-refractivity contribution is -0.123. The van der Waals surface area contributed by atoms with Crippen LogP contribution in [0.5, 0.6) is 0 Å². The van der Waals surface area contributed by atoms with Gasteiger partial charge in [-0.2, -0.15) is 4.31 Å². The van der Waals surface area contributed by atoms with Gasteiger partial charge in [-0.05, 0) is 19.1 Å². The molecule has 1 fully saturated rings. The van der Waals surface area contributed by atoms with Crippen molar-refractivity contribution in [2.45, 2.75) is 24.3 Å². The van der Waals surface area contributed by atoms with Gasteiger partial charge >= 0.3 is 0 Å². The Balaban J connectivity index is 1.67. The molecule has 1 atom stereocenters. The Labute approximate surface area is 159 Å². The van der Waals surface area contributed by atoms with Gasteiger partial charge in [0.05, 0.1) is 16.6 Å². The molecule has 3 rings (SSSR count). The molecule has 1 N–H and O–H groups in total. The van der Waals surface area contributed by atoms with Crippen molar-refractivity contribution in [3.63, 3.8) is 0 Å². The predicted octanol–water partition coefficient (Wildman–Crippen LogP) is 2.01. The van der Waals surface area contributed by atoms with E-state index in [-0.39, 0.29) is 11.8 Å². The van der Waals surface area contributed by atoms with E-state index in [0.29, 0.717) is 18.7 Å². The Morgan fingerprint density at radius 1 is 1.42 bits per heavy atom. The fourth-order valence-corrected chi connectivity index (χ4v) is 6.47. The summed E-state index contributed by atoms with van der Waals surface area (Å²) in [6.45, 7) is 2.28. The molecule has 1 aromatic heterocycles. The van der Waals surface area contributed by atoms with Crippen LogP contribution in [-0.2, 0) is 21.2 Å². The molecule has 0 aliphatic carbocycles. The topological polar surface area (TPSA) is 79.4 Å². The van der Waals surface area contributed by atoms with E-state index in [2.05, 4.69) is 10.3 Å². The summed E-state index contributed by atoms with van der Waals surface area (Å²) in [7, 11) is -4.07. The molecule has 0 unspecified atom stereocenters. The zero-order valence-electron chi connectivity index (χ0n) is 14.0. The number of hydrogen-bond acceptors (Lipinski definition) is 6. The summed E-state index contributed by atoms with van der Waals surface area (Å²) in [5, 5.41) is 5.65. The Bertz CT molecular complexity index is 901. The molecule has 0 radical (unpaired) electrons. The van der Waals surface area contributed by atoms with Crippen molar-refractivity contribution in [3.05, 3.63) is 46.2 Å². The van der Waals surface area contributed by atoms with Crippen LogP contribution in [0, 0.1) is 12.7 Å². The number of sulfonamides is 1. The summed E-state index contributed by atoms with van der Waals surface area (Å²) in [6.07, 6.45) is 0.579. The molecule has 0 bridgehead atoms. The van der Waals surface area contributed by atoms with Gasteiger partial charge in [0.25, 0.3) is 0 Å². The van der Waals surface area contributed by atoms with E-state index in [0.717, 1.165) is 21.1 Å².